The van der Waals surface area contributed by atoms with Crippen LogP contribution in [0.3, 0.4) is 0 Å². The Hall–Kier alpha value is -1.35. The first-order valence-corrected chi connectivity index (χ1v) is 6.11. The van der Waals surface area contributed by atoms with Crippen LogP contribution in [0.4, 0.5) is 0 Å². The molecule has 1 atom stereocenters. The number of hydrogen-bond acceptors (Lipinski definition) is 3. The van der Waals surface area contributed by atoms with E-state index in [0.29, 0.717) is 6.61 Å². The quantitative estimate of drug-likeness (QED) is 0.865. The highest BCUT2D eigenvalue weighted by atomic mass is 16.5. The molecule has 0 bridgehead atoms. The molecule has 1 aliphatic rings. The predicted octanol–water partition coefficient (Wildman–Crippen LogP) is 2.54. The number of ether oxygens (including phenoxy) is 1. The summed E-state index contributed by atoms with van der Waals surface area (Å²) < 4.78 is 5.81. The third kappa shape index (κ3) is 2.86. The summed E-state index contributed by atoms with van der Waals surface area (Å²) in [5, 5.41) is 3.44. The highest BCUT2D eigenvalue weighted by Crippen LogP contribution is 2.23. The van der Waals surface area contributed by atoms with Gasteiger partial charge in [-0.3, -0.25) is 4.99 Å². The molecule has 3 heteroatoms. The van der Waals surface area contributed by atoms with Crippen LogP contribution in [-0.4, -0.2) is 24.5 Å². The molecule has 0 aliphatic carbocycles. The molecule has 1 heterocycles. The maximum atomic E-state index is 5.81. The first kappa shape index (κ1) is 12.1. The highest BCUT2D eigenvalue weighted by Gasteiger charge is 2.30. The normalized spacial score (nSPS) is 19.6. The lowest BCUT2D eigenvalue weighted by molar-refractivity contribution is 0.107. The van der Waals surface area contributed by atoms with Crippen LogP contribution >= 0.6 is 0 Å². The van der Waals surface area contributed by atoms with Crippen LogP contribution in [-0.2, 0) is 4.74 Å². The average Bonchev–Trinajstić information content (AvgIpc) is 2.67. The van der Waals surface area contributed by atoms with E-state index in [-0.39, 0.29) is 11.6 Å². The van der Waals surface area contributed by atoms with Gasteiger partial charge >= 0.3 is 0 Å². The van der Waals surface area contributed by atoms with Crippen molar-refractivity contribution in [3.05, 3.63) is 35.9 Å². The minimum Gasteiger partial charge on any atom is -0.366 e. The molecule has 0 amide bonds. The Morgan fingerprint density at radius 2 is 2.06 bits per heavy atom. The molecule has 0 aromatic heterocycles. The van der Waals surface area contributed by atoms with Crippen LogP contribution < -0.4 is 5.32 Å². The zero-order valence-corrected chi connectivity index (χ0v) is 10.7. The van der Waals surface area contributed by atoms with Gasteiger partial charge in [-0.2, -0.15) is 0 Å². The van der Waals surface area contributed by atoms with Crippen molar-refractivity contribution in [2.45, 2.75) is 32.4 Å². The Balaban J connectivity index is 2.19. The monoisotopic (exact) mass is 232 g/mol. The second-order valence-electron chi connectivity index (χ2n) is 4.96. The summed E-state index contributed by atoms with van der Waals surface area (Å²) >= 11 is 0. The Bertz CT molecular complexity index is 398. The van der Waals surface area contributed by atoms with Gasteiger partial charge in [-0.05, 0) is 26.3 Å². The van der Waals surface area contributed by atoms with Crippen molar-refractivity contribution < 1.29 is 4.74 Å². The van der Waals surface area contributed by atoms with E-state index in [0.717, 1.165) is 17.9 Å². The molecule has 2 rings (SSSR count). The maximum Gasteiger partial charge on any atom is 0.139 e. The smallest absolute Gasteiger partial charge is 0.139 e. The van der Waals surface area contributed by atoms with Gasteiger partial charge in [0.2, 0.25) is 0 Å². The van der Waals surface area contributed by atoms with Crippen molar-refractivity contribution in [3.8, 4) is 0 Å². The number of hydrogen-bond donors (Lipinski definition) is 1. The SMILES string of the molecule is CCO[C@H](C1=NCC(C)(C)N1)c1ccccc1. The standard InChI is InChI=1S/C14H20N2O/c1-4-17-12(11-8-6-5-7-9-11)13-15-10-14(2,3)16-13/h5-9,12H,4,10H2,1-3H3,(H,15,16)/t12-/m0/s1. The van der Waals surface area contributed by atoms with E-state index in [4.69, 9.17) is 4.74 Å². The van der Waals surface area contributed by atoms with Gasteiger partial charge in [-0.1, -0.05) is 30.3 Å². The van der Waals surface area contributed by atoms with Crippen molar-refractivity contribution in [2.24, 2.45) is 4.99 Å². The molecule has 0 unspecified atom stereocenters. The molecular formula is C14H20N2O. The number of amidine groups is 1. The summed E-state index contributed by atoms with van der Waals surface area (Å²) in [6, 6.07) is 10.2. The van der Waals surface area contributed by atoms with E-state index in [2.05, 4.69) is 36.3 Å². The Morgan fingerprint density at radius 3 is 2.59 bits per heavy atom. The molecule has 1 aromatic carbocycles. The molecule has 3 nitrogen and oxygen atoms in total. The second-order valence-corrected chi connectivity index (χ2v) is 4.96. The molecule has 0 saturated carbocycles. The maximum absolute atomic E-state index is 5.81. The second kappa shape index (κ2) is 4.88. The molecule has 0 spiro atoms. The van der Waals surface area contributed by atoms with E-state index >= 15 is 0 Å². The van der Waals surface area contributed by atoms with Gasteiger partial charge in [0.05, 0.1) is 12.1 Å². The molecule has 17 heavy (non-hydrogen) atoms. The molecule has 0 radical (unpaired) electrons. The Morgan fingerprint density at radius 1 is 1.35 bits per heavy atom. The van der Waals surface area contributed by atoms with Crippen molar-refractivity contribution in [1.29, 1.82) is 0 Å². The first-order chi connectivity index (χ1) is 8.12. The Labute approximate surface area is 103 Å². The fourth-order valence-corrected chi connectivity index (χ4v) is 1.98. The molecule has 0 saturated heterocycles. The van der Waals surface area contributed by atoms with E-state index in [1.807, 2.05) is 25.1 Å². The van der Waals surface area contributed by atoms with Crippen LogP contribution in [0.25, 0.3) is 0 Å². The fraction of sp³-hybridized carbons (Fsp3) is 0.500. The Kier molecular flexibility index (Phi) is 3.48. The summed E-state index contributed by atoms with van der Waals surface area (Å²) in [6.07, 6.45) is -0.0667. The topological polar surface area (TPSA) is 33.6 Å². The van der Waals surface area contributed by atoms with Gasteiger partial charge in [0, 0.05) is 6.61 Å². The van der Waals surface area contributed by atoms with E-state index in [9.17, 15) is 0 Å². The minimum absolute atomic E-state index is 0.0411. The van der Waals surface area contributed by atoms with Crippen molar-refractivity contribution in [3.63, 3.8) is 0 Å². The third-order valence-corrected chi connectivity index (χ3v) is 2.80. The largest absolute Gasteiger partial charge is 0.366 e. The van der Waals surface area contributed by atoms with Crippen molar-refractivity contribution >= 4 is 5.84 Å². The summed E-state index contributed by atoms with van der Waals surface area (Å²) in [6.45, 7) is 7.80. The number of nitrogens with one attached hydrogen (secondary N) is 1. The van der Waals surface area contributed by atoms with Crippen LogP contribution in [0.15, 0.2) is 35.3 Å². The van der Waals surface area contributed by atoms with Crippen molar-refractivity contribution in [1.82, 2.24) is 5.32 Å². The lowest BCUT2D eigenvalue weighted by Gasteiger charge is -2.23. The fourth-order valence-electron chi connectivity index (χ4n) is 1.98. The van der Waals surface area contributed by atoms with Gasteiger partial charge < -0.3 is 10.1 Å². The van der Waals surface area contributed by atoms with E-state index in [1.165, 1.54) is 0 Å². The first-order valence-electron chi connectivity index (χ1n) is 6.11. The number of nitrogens with zero attached hydrogens (tertiary/aromatic N) is 1. The molecule has 0 fully saturated rings. The average molecular weight is 232 g/mol. The van der Waals surface area contributed by atoms with Crippen LogP contribution in [0.5, 0.6) is 0 Å². The molecule has 1 aromatic rings. The van der Waals surface area contributed by atoms with Gasteiger partial charge in [0.15, 0.2) is 0 Å². The zero-order chi connectivity index (χ0) is 12.3. The van der Waals surface area contributed by atoms with Gasteiger partial charge in [-0.15, -0.1) is 0 Å². The predicted molar refractivity (Wildman–Crippen MR) is 70.3 cm³/mol. The summed E-state index contributed by atoms with van der Waals surface area (Å²) in [5.41, 5.74) is 1.19. The molecule has 92 valence electrons. The van der Waals surface area contributed by atoms with Gasteiger partial charge in [0.1, 0.15) is 11.9 Å². The van der Waals surface area contributed by atoms with Crippen molar-refractivity contribution in [2.75, 3.05) is 13.2 Å². The van der Waals surface area contributed by atoms with Crippen LogP contribution in [0.1, 0.15) is 32.4 Å². The molecule has 1 aliphatic heterocycles. The molecule has 1 N–H and O–H groups in total. The third-order valence-electron chi connectivity index (χ3n) is 2.80. The lowest BCUT2D eigenvalue weighted by atomic mass is 10.1. The number of rotatable bonds is 4. The highest BCUT2D eigenvalue weighted by molar-refractivity contribution is 5.89. The van der Waals surface area contributed by atoms with E-state index in [1.54, 1.807) is 0 Å². The zero-order valence-electron chi connectivity index (χ0n) is 10.7. The van der Waals surface area contributed by atoms with Crippen LogP contribution in [0.2, 0.25) is 0 Å². The summed E-state index contributed by atoms with van der Waals surface area (Å²) in [7, 11) is 0. The number of aliphatic imine (C=N–C) groups is 1. The van der Waals surface area contributed by atoms with E-state index < -0.39 is 0 Å². The summed E-state index contributed by atoms with van der Waals surface area (Å²) in [4.78, 5) is 4.56. The van der Waals surface area contributed by atoms with Gasteiger partial charge in [-0.25, -0.2) is 0 Å². The van der Waals surface area contributed by atoms with Gasteiger partial charge in [0.25, 0.3) is 0 Å². The van der Waals surface area contributed by atoms with Crippen LogP contribution in [0, 0.1) is 0 Å². The minimum atomic E-state index is -0.0667. The lowest BCUT2D eigenvalue weighted by Crippen LogP contribution is -2.42. The molecular weight excluding hydrogens is 212 g/mol. The summed E-state index contributed by atoms with van der Waals surface area (Å²) in [5.74, 6) is 0.947. The number of benzene rings is 1.